The first-order chi connectivity index (χ1) is 9.90. The number of benzene rings is 1. The predicted octanol–water partition coefficient (Wildman–Crippen LogP) is 2.53. The van der Waals surface area contributed by atoms with Gasteiger partial charge in [0.1, 0.15) is 17.9 Å². The van der Waals surface area contributed by atoms with Crippen molar-refractivity contribution in [2.75, 3.05) is 4.90 Å². The fourth-order valence-electron chi connectivity index (χ4n) is 2.77. The third kappa shape index (κ3) is 2.46. The summed E-state index contributed by atoms with van der Waals surface area (Å²) in [6.45, 7) is 3.43. The molecular weight excluding hydrogens is 339 g/mol. The van der Waals surface area contributed by atoms with Crippen LogP contribution in [-0.4, -0.2) is 23.9 Å². The standard InChI is InChI=1S/C15H16BrFN2O2/c1-7-5-11(17)10(16)6-12(7)19-8(2)14(20)18-13(15(19)21)9-3-4-9/h5-6,8-9,13H,3-4H2,1-2H3,(H,18,20). The fraction of sp³-hybridized carbons (Fsp3) is 0.467. The largest absolute Gasteiger partial charge is 0.342 e. The molecule has 1 aromatic rings. The molecule has 1 saturated carbocycles. The van der Waals surface area contributed by atoms with Gasteiger partial charge in [-0.3, -0.25) is 14.5 Å². The quantitative estimate of drug-likeness (QED) is 0.886. The number of halogens is 2. The molecule has 2 amide bonds. The molecule has 1 heterocycles. The summed E-state index contributed by atoms with van der Waals surface area (Å²) in [5, 5.41) is 2.81. The summed E-state index contributed by atoms with van der Waals surface area (Å²) in [6.07, 6.45) is 1.93. The van der Waals surface area contributed by atoms with Gasteiger partial charge in [-0.1, -0.05) is 0 Å². The molecule has 2 fully saturated rings. The van der Waals surface area contributed by atoms with Crippen molar-refractivity contribution in [1.29, 1.82) is 0 Å². The number of rotatable bonds is 2. The number of carbonyl (C=O) groups excluding carboxylic acids is 2. The monoisotopic (exact) mass is 354 g/mol. The Hall–Kier alpha value is -1.43. The number of anilines is 1. The van der Waals surface area contributed by atoms with Crippen LogP contribution in [0.1, 0.15) is 25.3 Å². The van der Waals surface area contributed by atoms with Crippen molar-refractivity contribution in [3.8, 4) is 0 Å². The van der Waals surface area contributed by atoms with E-state index < -0.39 is 12.1 Å². The van der Waals surface area contributed by atoms with Gasteiger partial charge in [0.2, 0.25) is 5.91 Å². The molecule has 6 heteroatoms. The van der Waals surface area contributed by atoms with Gasteiger partial charge in [-0.2, -0.15) is 0 Å². The number of aryl methyl sites for hydroxylation is 1. The normalized spacial score (nSPS) is 26.0. The molecule has 112 valence electrons. The smallest absolute Gasteiger partial charge is 0.250 e. The number of nitrogens with one attached hydrogen (secondary N) is 1. The van der Waals surface area contributed by atoms with Gasteiger partial charge in [0.15, 0.2) is 0 Å². The summed E-state index contributed by atoms with van der Waals surface area (Å²) in [5.74, 6) is -0.408. The van der Waals surface area contributed by atoms with Crippen LogP contribution >= 0.6 is 15.9 Å². The maximum Gasteiger partial charge on any atom is 0.250 e. The summed E-state index contributed by atoms with van der Waals surface area (Å²) >= 11 is 3.14. The Kier molecular flexibility index (Phi) is 3.51. The van der Waals surface area contributed by atoms with Crippen molar-refractivity contribution >= 4 is 33.4 Å². The second-order valence-electron chi connectivity index (χ2n) is 5.76. The van der Waals surface area contributed by atoms with Gasteiger partial charge in [0, 0.05) is 5.69 Å². The van der Waals surface area contributed by atoms with Gasteiger partial charge in [-0.25, -0.2) is 4.39 Å². The van der Waals surface area contributed by atoms with Gasteiger partial charge >= 0.3 is 0 Å². The van der Waals surface area contributed by atoms with Crippen LogP contribution in [0, 0.1) is 18.7 Å². The highest BCUT2D eigenvalue weighted by molar-refractivity contribution is 9.10. The summed E-state index contributed by atoms with van der Waals surface area (Å²) in [4.78, 5) is 26.4. The Morgan fingerprint density at radius 2 is 2.00 bits per heavy atom. The van der Waals surface area contributed by atoms with E-state index in [1.54, 1.807) is 19.9 Å². The van der Waals surface area contributed by atoms with Crippen molar-refractivity contribution in [3.05, 3.63) is 28.0 Å². The zero-order valence-electron chi connectivity index (χ0n) is 11.8. The lowest BCUT2D eigenvalue weighted by Crippen LogP contribution is -2.63. The lowest BCUT2D eigenvalue weighted by molar-refractivity contribution is -0.134. The molecule has 1 aromatic carbocycles. The minimum atomic E-state index is -0.594. The van der Waals surface area contributed by atoms with E-state index in [9.17, 15) is 14.0 Å². The Balaban J connectivity index is 2.03. The molecule has 1 N–H and O–H groups in total. The molecule has 1 aliphatic carbocycles. The molecule has 4 nitrogen and oxygen atoms in total. The van der Waals surface area contributed by atoms with Crippen LogP contribution in [0.4, 0.5) is 10.1 Å². The van der Waals surface area contributed by atoms with Crippen LogP contribution in [0.25, 0.3) is 0 Å². The molecular formula is C15H16BrFN2O2. The molecule has 2 aliphatic rings. The van der Waals surface area contributed by atoms with Gasteiger partial charge in [0.25, 0.3) is 5.91 Å². The average Bonchev–Trinajstić information content (AvgIpc) is 3.24. The lowest BCUT2D eigenvalue weighted by Gasteiger charge is -2.38. The molecule has 1 aliphatic heterocycles. The van der Waals surface area contributed by atoms with Gasteiger partial charge in [-0.05, 0) is 66.2 Å². The van der Waals surface area contributed by atoms with Crippen LogP contribution in [-0.2, 0) is 9.59 Å². The zero-order valence-corrected chi connectivity index (χ0v) is 13.4. The van der Waals surface area contributed by atoms with E-state index in [4.69, 9.17) is 0 Å². The van der Waals surface area contributed by atoms with Crippen molar-refractivity contribution in [2.45, 2.75) is 38.8 Å². The SMILES string of the molecule is Cc1cc(F)c(Br)cc1N1C(=O)C(C2CC2)NC(=O)C1C. The third-order valence-corrected chi connectivity index (χ3v) is 4.77. The third-order valence-electron chi connectivity index (χ3n) is 4.16. The Labute approximate surface area is 130 Å². The van der Waals surface area contributed by atoms with Gasteiger partial charge in [-0.15, -0.1) is 0 Å². The van der Waals surface area contributed by atoms with Crippen molar-refractivity contribution in [3.63, 3.8) is 0 Å². The second-order valence-corrected chi connectivity index (χ2v) is 6.62. The van der Waals surface area contributed by atoms with Crippen LogP contribution in [0.2, 0.25) is 0 Å². The van der Waals surface area contributed by atoms with Crippen molar-refractivity contribution in [2.24, 2.45) is 5.92 Å². The van der Waals surface area contributed by atoms with Crippen LogP contribution in [0.5, 0.6) is 0 Å². The van der Waals surface area contributed by atoms with E-state index in [0.29, 0.717) is 11.3 Å². The number of amides is 2. The van der Waals surface area contributed by atoms with Crippen molar-refractivity contribution in [1.82, 2.24) is 5.32 Å². The van der Waals surface area contributed by atoms with Crippen LogP contribution in [0.15, 0.2) is 16.6 Å². The Bertz CT molecular complexity index is 630. The number of hydrogen-bond acceptors (Lipinski definition) is 2. The Morgan fingerprint density at radius 1 is 1.33 bits per heavy atom. The van der Waals surface area contributed by atoms with E-state index >= 15 is 0 Å². The molecule has 3 rings (SSSR count). The Morgan fingerprint density at radius 3 is 2.62 bits per heavy atom. The highest BCUT2D eigenvalue weighted by Gasteiger charge is 2.46. The van der Waals surface area contributed by atoms with Crippen molar-refractivity contribution < 1.29 is 14.0 Å². The van der Waals surface area contributed by atoms with E-state index in [1.807, 2.05) is 0 Å². The van der Waals surface area contributed by atoms with E-state index in [0.717, 1.165) is 12.8 Å². The highest BCUT2D eigenvalue weighted by Crippen LogP contribution is 2.37. The van der Waals surface area contributed by atoms with Gasteiger partial charge in [0.05, 0.1) is 4.47 Å². The average molecular weight is 355 g/mol. The molecule has 1 saturated heterocycles. The fourth-order valence-corrected chi connectivity index (χ4v) is 3.10. The number of hydrogen-bond donors (Lipinski definition) is 1. The summed E-state index contributed by atoms with van der Waals surface area (Å²) < 4.78 is 13.9. The van der Waals surface area contributed by atoms with E-state index in [-0.39, 0.29) is 28.0 Å². The van der Waals surface area contributed by atoms with Crippen LogP contribution in [0.3, 0.4) is 0 Å². The molecule has 0 bridgehead atoms. The predicted molar refractivity (Wildman–Crippen MR) is 80.4 cm³/mol. The molecule has 21 heavy (non-hydrogen) atoms. The second kappa shape index (κ2) is 5.09. The number of piperazine rings is 1. The summed E-state index contributed by atoms with van der Waals surface area (Å²) in [5.41, 5.74) is 1.22. The maximum absolute atomic E-state index is 13.6. The molecule has 0 spiro atoms. The zero-order chi connectivity index (χ0) is 15.3. The van der Waals surface area contributed by atoms with Gasteiger partial charge < -0.3 is 5.32 Å². The highest BCUT2D eigenvalue weighted by atomic mass is 79.9. The van der Waals surface area contributed by atoms with E-state index in [1.165, 1.54) is 11.0 Å². The first-order valence-corrected chi connectivity index (χ1v) is 7.78. The molecule has 0 aromatic heterocycles. The molecule has 2 atom stereocenters. The summed E-state index contributed by atoms with van der Waals surface area (Å²) in [7, 11) is 0. The first kappa shape index (κ1) is 14.5. The summed E-state index contributed by atoms with van der Waals surface area (Å²) in [6, 6.07) is 1.90. The lowest BCUT2D eigenvalue weighted by atomic mass is 10.0. The van der Waals surface area contributed by atoms with Crippen LogP contribution < -0.4 is 10.2 Å². The van der Waals surface area contributed by atoms with E-state index in [2.05, 4.69) is 21.2 Å². The minimum Gasteiger partial charge on any atom is -0.342 e. The molecule has 0 radical (unpaired) electrons. The minimum absolute atomic E-state index is 0.105. The number of carbonyl (C=O) groups is 2. The first-order valence-electron chi connectivity index (χ1n) is 6.99. The number of nitrogens with zero attached hydrogens (tertiary/aromatic N) is 1. The maximum atomic E-state index is 13.6. The molecule has 2 unspecified atom stereocenters. The topological polar surface area (TPSA) is 49.4 Å².